The van der Waals surface area contributed by atoms with Crippen LogP contribution < -0.4 is 0 Å². The van der Waals surface area contributed by atoms with Crippen molar-refractivity contribution in [2.75, 3.05) is 0 Å². The summed E-state index contributed by atoms with van der Waals surface area (Å²) in [5.41, 5.74) is 2.72. The minimum atomic E-state index is 0.540. The Balaban J connectivity index is 1.81. The molecule has 0 amide bonds. The van der Waals surface area contributed by atoms with Gasteiger partial charge >= 0.3 is 0 Å². The van der Waals surface area contributed by atoms with Gasteiger partial charge in [0.05, 0.1) is 6.20 Å². The Hall–Kier alpha value is -0.790. The predicted molar refractivity (Wildman–Crippen MR) is 56.0 cm³/mol. The van der Waals surface area contributed by atoms with E-state index in [1.807, 2.05) is 11.7 Å². The van der Waals surface area contributed by atoms with Gasteiger partial charge in [0.15, 0.2) is 0 Å². The lowest BCUT2D eigenvalue weighted by Crippen LogP contribution is -2.66. The lowest BCUT2D eigenvalue weighted by molar-refractivity contribution is -0.172. The smallest absolute Gasteiger partial charge is 0.0527 e. The molecular formula is C12H18N2. The third kappa shape index (κ3) is 0.800. The summed E-state index contributed by atoms with van der Waals surface area (Å²) in [6.07, 6.45) is 8.48. The zero-order valence-corrected chi connectivity index (χ0v) is 9.25. The average Bonchev–Trinajstić information content (AvgIpc) is 2.28. The van der Waals surface area contributed by atoms with E-state index in [2.05, 4.69) is 31.3 Å². The maximum atomic E-state index is 4.27. The molecular weight excluding hydrogens is 172 g/mol. The van der Waals surface area contributed by atoms with Crippen molar-refractivity contribution in [2.24, 2.45) is 18.4 Å². The molecule has 2 heteroatoms. The lowest BCUT2D eigenvalue weighted by Gasteiger charge is -2.73. The SMILES string of the molecule is CC(C)C12CC(c3cnn(C)c3)(C1)C2. The van der Waals surface area contributed by atoms with Gasteiger partial charge in [0, 0.05) is 18.7 Å². The van der Waals surface area contributed by atoms with Crippen LogP contribution >= 0.6 is 0 Å². The molecule has 0 aliphatic heterocycles. The summed E-state index contributed by atoms with van der Waals surface area (Å²) in [4.78, 5) is 0. The number of aromatic nitrogens is 2. The van der Waals surface area contributed by atoms with E-state index < -0.39 is 0 Å². The van der Waals surface area contributed by atoms with Gasteiger partial charge in [-0.3, -0.25) is 4.68 Å². The number of hydrogen-bond acceptors (Lipinski definition) is 1. The summed E-state index contributed by atoms with van der Waals surface area (Å²) in [5.74, 6) is 0.862. The van der Waals surface area contributed by atoms with Crippen LogP contribution in [0.15, 0.2) is 12.4 Å². The van der Waals surface area contributed by atoms with Gasteiger partial charge in [-0.05, 0) is 36.2 Å². The van der Waals surface area contributed by atoms with Crippen LogP contribution in [-0.2, 0) is 12.5 Å². The summed E-state index contributed by atoms with van der Waals surface area (Å²) in [5, 5.41) is 4.27. The third-order valence-electron chi connectivity index (χ3n) is 4.61. The second-order valence-electron chi connectivity index (χ2n) is 5.73. The van der Waals surface area contributed by atoms with E-state index >= 15 is 0 Å². The highest BCUT2D eigenvalue weighted by Gasteiger charge is 2.69. The van der Waals surface area contributed by atoms with Gasteiger partial charge < -0.3 is 0 Å². The van der Waals surface area contributed by atoms with E-state index in [1.165, 1.54) is 24.8 Å². The molecule has 14 heavy (non-hydrogen) atoms. The standard InChI is InChI=1S/C12H18N2/c1-9(2)11-6-12(7-11,8-11)10-4-13-14(3)5-10/h4-5,9H,6-8H2,1-3H3. The van der Waals surface area contributed by atoms with Crippen LogP contribution in [0, 0.1) is 11.3 Å². The fourth-order valence-electron chi connectivity index (χ4n) is 3.48. The van der Waals surface area contributed by atoms with Crippen molar-refractivity contribution in [3.05, 3.63) is 18.0 Å². The molecule has 0 N–H and O–H groups in total. The van der Waals surface area contributed by atoms with E-state index in [0.29, 0.717) is 10.8 Å². The van der Waals surface area contributed by atoms with E-state index in [4.69, 9.17) is 0 Å². The highest BCUT2D eigenvalue weighted by Crippen LogP contribution is 2.76. The molecule has 3 fully saturated rings. The minimum absolute atomic E-state index is 0.540. The van der Waals surface area contributed by atoms with Crippen molar-refractivity contribution < 1.29 is 0 Å². The Bertz CT molecular complexity index is 356. The van der Waals surface area contributed by atoms with Gasteiger partial charge in [0.2, 0.25) is 0 Å². The molecule has 3 aliphatic rings. The van der Waals surface area contributed by atoms with Crippen LogP contribution in [0.3, 0.4) is 0 Å². The van der Waals surface area contributed by atoms with Crippen LogP contribution in [0.4, 0.5) is 0 Å². The first kappa shape index (κ1) is 8.51. The molecule has 3 aliphatic carbocycles. The first-order chi connectivity index (χ1) is 6.56. The minimum Gasteiger partial charge on any atom is -0.276 e. The van der Waals surface area contributed by atoms with Crippen molar-refractivity contribution in [1.82, 2.24) is 9.78 Å². The van der Waals surface area contributed by atoms with Crippen LogP contribution in [0.5, 0.6) is 0 Å². The normalized spacial score (nSPS) is 39.4. The Morgan fingerprint density at radius 2 is 2.00 bits per heavy atom. The summed E-state index contributed by atoms with van der Waals surface area (Å²) < 4.78 is 1.93. The predicted octanol–water partition coefficient (Wildman–Crippen LogP) is 2.50. The van der Waals surface area contributed by atoms with Crippen molar-refractivity contribution >= 4 is 0 Å². The maximum absolute atomic E-state index is 4.27. The van der Waals surface area contributed by atoms with Crippen LogP contribution in [0.1, 0.15) is 38.7 Å². The summed E-state index contributed by atoms with van der Waals surface area (Å²) in [6.45, 7) is 4.73. The molecule has 0 unspecified atom stereocenters. The van der Waals surface area contributed by atoms with Crippen LogP contribution in [0.2, 0.25) is 0 Å². The topological polar surface area (TPSA) is 17.8 Å². The quantitative estimate of drug-likeness (QED) is 0.700. The van der Waals surface area contributed by atoms with Crippen molar-refractivity contribution in [3.63, 3.8) is 0 Å². The monoisotopic (exact) mass is 190 g/mol. The molecule has 1 heterocycles. The Morgan fingerprint density at radius 1 is 1.36 bits per heavy atom. The van der Waals surface area contributed by atoms with Crippen molar-refractivity contribution in [1.29, 1.82) is 0 Å². The molecule has 1 aromatic rings. The lowest BCUT2D eigenvalue weighted by atomic mass is 9.31. The molecule has 3 saturated carbocycles. The van der Waals surface area contributed by atoms with E-state index in [0.717, 1.165) is 5.92 Å². The number of hydrogen-bond donors (Lipinski definition) is 0. The zero-order chi connectivity index (χ0) is 9.97. The van der Waals surface area contributed by atoms with E-state index in [9.17, 15) is 0 Å². The third-order valence-corrected chi connectivity index (χ3v) is 4.61. The number of nitrogens with zero attached hydrogens (tertiary/aromatic N) is 2. The molecule has 2 nitrogen and oxygen atoms in total. The highest BCUT2D eigenvalue weighted by molar-refractivity contribution is 5.36. The largest absolute Gasteiger partial charge is 0.276 e. The summed E-state index contributed by atoms with van der Waals surface area (Å²) in [7, 11) is 2.01. The molecule has 0 aromatic carbocycles. The Labute approximate surface area is 85.3 Å². The first-order valence-electron chi connectivity index (χ1n) is 5.56. The second-order valence-corrected chi connectivity index (χ2v) is 5.73. The van der Waals surface area contributed by atoms with Crippen molar-refractivity contribution in [2.45, 2.75) is 38.5 Å². The molecule has 2 bridgehead atoms. The molecule has 0 saturated heterocycles. The zero-order valence-electron chi connectivity index (χ0n) is 9.25. The molecule has 0 radical (unpaired) electrons. The molecule has 0 atom stereocenters. The first-order valence-corrected chi connectivity index (χ1v) is 5.56. The Kier molecular flexibility index (Phi) is 1.36. The van der Waals surface area contributed by atoms with Crippen LogP contribution in [0.25, 0.3) is 0 Å². The summed E-state index contributed by atoms with van der Waals surface area (Å²) in [6, 6.07) is 0. The number of rotatable bonds is 2. The fourth-order valence-corrected chi connectivity index (χ4v) is 3.48. The van der Waals surface area contributed by atoms with Gasteiger partial charge in [-0.15, -0.1) is 0 Å². The van der Waals surface area contributed by atoms with Gasteiger partial charge in [-0.2, -0.15) is 5.10 Å². The van der Waals surface area contributed by atoms with Gasteiger partial charge in [0.1, 0.15) is 0 Å². The Morgan fingerprint density at radius 3 is 2.43 bits per heavy atom. The molecule has 4 rings (SSSR count). The van der Waals surface area contributed by atoms with Crippen molar-refractivity contribution in [3.8, 4) is 0 Å². The molecule has 76 valence electrons. The molecule has 1 aromatic heterocycles. The number of aryl methyl sites for hydroxylation is 1. The van der Waals surface area contributed by atoms with Gasteiger partial charge in [-0.25, -0.2) is 0 Å². The second kappa shape index (κ2) is 2.23. The van der Waals surface area contributed by atoms with E-state index in [-0.39, 0.29) is 0 Å². The maximum Gasteiger partial charge on any atom is 0.0527 e. The summed E-state index contributed by atoms with van der Waals surface area (Å²) >= 11 is 0. The average molecular weight is 190 g/mol. The van der Waals surface area contributed by atoms with Gasteiger partial charge in [0.25, 0.3) is 0 Å². The van der Waals surface area contributed by atoms with E-state index in [1.54, 1.807) is 0 Å². The van der Waals surface area contributed by atoms with Gasteiger partial charge in [-0.1, -0.05) is 13.8 Å². The van der Waals surface area contributed by atoms with Crippen LogP contribution in [-0.4, -0.2) is 9.78 Å². The molecule has 0 spiro atoms. The fraction of sp³-hybridized carbons (Fsp3) is 0.750. The highest BCUT2D eigenvalue weighted by atomic mass is 15.2.